The molecule has 0 radical (unpaired) electrons. The van der Waals surface area contributed by atoms with E-state index in [0.29, 0.717) is 26.1 Å². The van der Waals surface area contributed by atoms with E-state index in [1.54, 1.807) is 4.90 Å². The molecular weight excluding hydrogens is 368 g/mol. The van der Waals surface area contributed by atoms with E-state index in [-0.39, 0.29) is 23.8 Å². The van der Waals surface area contributed by atoms with Gasteiger partial charge in [-0.1, -0.05) is 0 Å². The highest BCUT2D eigenvalue weighted by molar-refractivity contribution is 5.88. The highest BCUT2D eigenvalue weighted by Crippen LogP contribution is 2.30. The van der Waals surface area contributed by atoms with Crippen LogP contribution in [0.25, 0.3) is 0 Å². The highest BCUT2D eigenvalue weighted by atomic mass is 16.2. The van der Waals surface area contributed by atoms with Crippen LogP contribution in [0, 0.1) is 0 Å². The third kappa shape index (κ3) is 3.95. The molecule has 2 fully saturated rings. The predicted molar refractivity (Wildman–Crippen MR) is 111 cm³/mol. The van der Waals surface area contributed by atoms with Gasteiger partial charge in [-0.05, 0) is 39.7 Å². The SMILES string of the molecule is CNc1nc(C2CCN(C(=O)[C@H](C)N3CCCC3=O)CC2)nc2c1CCN(C)C2. The number of carbonyl (C=O) groups is 2. The Morgan fingerprint density at radius 2 is 1.90 bits per heavy atom. The molecule has 0 aromatic carbocycles. The topological polar surface area (TPSA) is 81.7 Å². The molecule has 8 heteroatoms. The lowest BCUT2D eigenvalue weighted by molar-refractivity contribution is -0.143. The summed E-state index contributed by atoms with van der Waals surface area (Å²) in [6.45, 7) is 5.85. The second-order valence-electron chi connectivity index (χ2n) is 8.56. The van der Waals surface area contributed by atoms with Crippen molar-refractivity contribution >= 4 is 17.6 Å². The summed E-state index contributed by atoms with van der Waals surface area (Å²) in [6.07, 6.45) is 4.13. The zero-order chi connectivity index (χ0) is 20.5. The largest absolute Gasteiger partial charge is 0.373 e. The lowest BCUT2D eigenvalue weighted by Crippen LogP contribution is -2.49. The Morgan fingerprint density at radius 3 is 2.55 bits per heavy atom. The van der Waals surface area contributed by atoms with Gasteiger partial charge in [0.25, 0.3) is 0 Å². The van der Waals surface area contributed by atoms with E-state index in [4.69, 9.17) is 9.97 Å². The Bertz CT molecular complexity index is 790. The zero-order valence-corrected chi connectivity index (χ0v) is 17.8. The molecule has 0 spiro atoms. The summed E-state index contributed by atoms with van der Waals surface area (Å²) in [5, 5.41) is 3.26. The van der Waals surface area contributed by atoms with Gasteiger partial charge in [0.2, 0.25) is 11.8 Å². The van der Waals surface area contributed by atoms with Crippen molar-refractivity contribution in [2.24, 2.45) is 0 Å². The maximum Gasteiger partial charge on any atom is 0.245 e. The predicted octanol–water partition coefficient (Wildman–Crippen LogP) is 1.22. The van der Waals surface area contributed by atoms with Gasteiger partial charge in [0.1, 0.15) is 17.7 Å². The van der Waals surface area contributed by atoms with Gasteiger partial charge in [0.15, 0.2) is 0 Å². The lowest BCUT2D eigenvalue weighted by atomic mass is 9.94. The molecule has 1 aromatic heterocycles. The fraction of sp³-hybridized carbons (Fsp3) is 0.714. The quantitative estimate of drug-likeness (QED) is 0.819. The normalized spacial score (nSPS) is 22.0. The van der Waals surface area contributed by atoms with Crippen molar-refractivity contribution in [3.05, 3.63) is 17.1 Å². The van der Waals surface area contributed by atoms with Crippen molar-refractivity contribution in [1.29, 1.82) is 0 Å². The molecule has 1 atom stereocenters. The van der Waals surface area contributed by atoms with Crippen molar-refractivity contribution < 1.29 is 9.59 Å². The summed E-state index contributed by atoms with van der Waals surface area (Å²) in [6, 6.07) is -0.354. The van der Waals surface area contributed by atoms with Crippen molar-refractivity contribution in [1.82, 2.24) is 24.7 Å². The monoisotopic (exact) mass is 400 g/mol. The number of amides is 2. The van der Waals surface area contributed by atoms with Crippen LogP contribution in [-0.2, 0) is 22.6 Å². The van der Waals surface area contributed by atoms with Gasteiger partial charge in [0, 0.05) is 57.7 Å². The maximum absolute atomic E-state index is 12.9. The molecule has 0 saturated carbocycles. The molecule has 0 unspecified atom stereocenters. The summed E-state index contributed by atoms with van der Waals surface area (Å²) in [4.78, 5) is 40.6. The Labute approximate surface area is 172 Å². The second-order valence-corrected chi connectivity index (χ2v) is 8.56. The Hall–Kier alpha value is -2.22. The van der Waals surface area contributed by atoms with Crippen molar-refractivity contribution in [3.63, 3.8) is 0 Å². The van der Waals surface area contributed by atoms with Crippen LogP contribution in [0.15, 0.2) is 0 Å². The van der Waals surface area contributed by atoms with E-state index < -0.39 is 0 Å². The van der Waals surface area contributed by atoms with Crippen LogP contribution in [0.1, 0.15) is 55.6 Å². The number of rotatable bonds is 4. The number of anilines is 1. The smallest absolute Gasteiger partial charge is 0.245 e. The first-order chi connectivity index (χ1) is 14.0. The molecule has 1 N–H and O–H groups in total. The molecule has 0 bridgehead atoms. The van der Waals surface area contributed by atoms with E-state index in [1.807, 2.05) is 18.9 Å². The summed E-state index contributed by atoms with van der Waals surface area (Å²) in [5.74, 6) is 2.30. The summed E-state index contributed by atoms with van der Waals surface area (Å²) in [7, 11) is 4.05. The maximum atomic E-state index is 12.9. The van der Waals surface area contributed by atoms with Crippen LogP contribution >= 0.6 is 0 Å². The first kappa shape index (κ1) is 20.1. The van der Waals surface area contributed by atoms with Gasteiger partial charge < -0.3 is 20.0 Å². The number of hydrogen-bond donors (Lipinski definition) is 1. The molecule has 3 aliphatic heterocycles. The van der Waals surface area contributed by atoms with Crippen LogP contribution in [0.5, 0.6) is 0 Å². The lowest BCUT2D eigenvalue weighted by Gasteiger charge is -2.35. The van der Waals surface area contributed by atoms with E-state index in [1.165, 1.54) is 5.56 Å². The van der Waals surface area contributed by atoms with Gasteiger partial charge in [-0.2, -0.15) is 0 Å². The molecule has 0 aliphatic carbocycles. The van der Waals surface area contributed by atoms with E-state index in [2.05, 4.69) is 17.3 Å². The van der Waals surface area contributed by atoms with Gasteiger partial charge in [-0.15, -0.1) is 0 Å². The van der Waals surface area contributed by atoms with E-state index >= 15 is 0 Å². The average Bonchev–Trinajstić information content (AvgIpc) is 3.17. The van der Waals surface area contributed by atoms with E-state index in [9.17, 15) is 9.59 Å². The molecule has 8 nitrogen and oxygen atoms in total. The third-order valence-corrected chi connectivity index (χ3v) is 6.62. The summed E-state index contributed by atoms with van der Waals surface area (Å²) >= 11 is 0. The van der Waals surface area contributed by atoms with Gasteiger partial charge in [-0.3, -0.25) is 9.59 Å². The number of fused-ring (bicyclic) bond motifs is 1. The first-order valence-corrected chi connectivity index (χ1v) is 10.8. The van der Waals surface area contributed by atoms with Crippen LogP contribution in [0.4, 0.5) is 5.82 Å². The van der Waals surface area contributed by atoms with Crippen molar-refractivity contribution in [2.45, 2.75) is 57.5 Å². The minimum absolute atomic E-state index is 0.0718. The fourth-order valence-corrected chi connectivity index (χ4v) is 4.80. The number of carbonyl (C=O) groups excluding carboxylic acids is 2. The van der Waals surface area contributed by atoms with Crippen LogP contribution in [-0.4, -0.2) is 82.8 Å². The van der Waals surface area contributed by atoms with Crippen molar-refractivity contribution in [3.8, 4) is 0 Å². The highest BCUT2D eigenvalue weighted by Gasteiger charge is 2.34. The Balaban J connectivity index is 1.42. The van der Waals surface area contributed by atoms with Gasteiger partial charge in [0.05, 0.1) is 5.69 Å². The summed E-state index contributed by atoms with van der Waals surface area (Å²) in [5.41, 5.74) is 2.37. The number of hydrogen-bond acceptors (Lipinski definition) is 6. The minimum Gasteiger partial charge on any atom is -0.373 e. The number of likely N-dealkylation sites (N-methyl/N-ethyl adjacent to an activating group) is 1. The van der Waals surface area contributed by atoms with Crippen LogP contribution in [0.2, 0.25) is 0 Å². The molecule has 158 valence electrons. The molecule has 2 saturated heterocycles. The number of likely N-dealkylation sites (tertiary alicyclic amines) is 2. The third-order valence-electron chi connectivity index (χ3n) is 6.62. The minimum atomic E-state index is -0.354. The fourth-order valence-electron chi connectivity index (χ4n) is 4.80. The number of nitrogens with one attached hydrogen (secondary N) is 1. The van der Waals surface area contributed by atoms with Crippen LogP contribution < -0.4 is 5.32 Å². The number of piperidine rings is 1. The molecule has 4 heterocycles. The average molecular weight is 401 g/mol. The number of nitrogens with zero attached hydrogens (tertiary/aromatic N) is 5. The Morgan fingerprint density at radius 1 is 1.14 bits per heavy atom. The molecule has 29 heavy (non-hydrogen) atoms. The second kappa shape index (κ2) is 8.26. The van der Waals surface area contributed by atoms with Crippen LogP contribution in [0.3, 0.4) is 0 Å². The first-order valence-electron chi connectivity index (χ1n) is 10.8. The molecule has 3 aliphatic rings. The van der Waals surface area contributed by atoms with Gasteiger partial charge >= 0.3 is 0 Å². The van der Waals surface area contributed by atoms with Crippen molar-refractivity contribution in [2.75, 3.05) is 45.6 Å². The summed E-state index contributed by atoms with van der Waals surface area (Å²) < 4.78 is 0. The zero-order valence-electron chi connectivity index (χ0n) is 17.8. The molecular formula is C21H32N6O2. The molecule has 2 amide bonds. The van der Waals surface area contributed by atoms with E-state index in [0.717, 1.165) is 56.1 Å². The molecule has 4 rings (SSSR count). The molecule has 1 aromatic rings. The number of aromatic nitrogens is 2. The Kier molecular flexibility index (Phi) is 5.72. The van der Waals surface area contributed by atoms with Gasteiger partial charge in [-0.25, -0.2) is 9.97 Å². The standard InChI is InChI=1S/C21H32N6O2/c1-14(27-9-4-5-18(27)28)21(29)26-11-6-15(7-12-26)19-23-17-13-25(3)10-8-16(17)20(22-2)24-19/h14-15H,4-13H2,1-3H3,(H,22,23,24)/t14-/m0/s1.